The molecule has 70 valence electrons. The zero-order valence-electron chi connectivity index (χ0n) is 8.05. The standard InChI is InChI=1S/C11H20O/c1-2-10-8-11(10,12)7-9-5-3-4-6-9/h9-10,12H,2-8H2,1H3. The number of aliphatic hydroxyl groups is 1. The van der Waals surface area contributed by atoms with Gasteiger partial charge in [-0.15, -0.1) is 0 Å². The number of hydrogen-bond acceptors (Lipinski definition) is 1. The van der Waals surface area contributed by atoms with Gasteiger partial charge < -0.3 is 5.11 Å². The summed E-state index contributed by atoms with van der Waals surface area (Å²) in [5, 5.41) is 10.0. The second-order valence-corrected chi connectivity index (χ2v) is 4.77. The molecular formula is C11H20O. The van der Waals surface area contributed by atoms with Gasteiger partial charge in [-0.2, -0.15) is 0 Å². The first-order chi connectivity index (χ1) is 5.74. The second kappa shape index (κ2) is 3.02. The molecule has 0 aromatic carbocycles. The molecule has 0 heterocycles. The lowest BCUT2D eigenvalue weighted by Crippen LogP contribution is -2.15. The molecule has 2 saturated carbocycles. The summed E-state index contributed by atoms with van der Waals surface area (Å²) in [6.07, 6.45) is 8.90. The van der Waals surface area contributed by atoms with Crippen LogP contribution in [0.1, 0.15) is 51.9 Å². The largest absolute Gasteiger partial charge is 0.390 e. The van der Waals surface area contributed by atoms with E-state index in [9.17, 15) is 5.11 Å². The molecule has 2 rings (SSSR count). The van der Waals surface area contributed by atoms with Crippen molar-refractivity contribution in [1.82, 2.24) is 0 Å². The Bertz CT molecular complexity index is 160. The molecule has 2 fully saturated rings. The van der Waals surface area contributed by atoms with Crippen molar-refractivity contribution in [3.05, 3.63) is 0 Å². The highest BCUT2D eigenvalue weighted by Crippen LogP contribution is 2.51. The van der Waals surface area contributed by atoms with E-state index in [-0.39, 0.29) is 5.60 Å². The number of rotatable bonds is 3. The van der Waals surface area contributed by atoms with Gasteiger partial charge in [-0.05, 0) is 24.7 Å². The van der Waals surface area contributed by atoms with Gasteiger partial charge >= 0.3 is 0 Å². The Morgan fingerprint density at radius 2 is 2.00 bits per heavy atom. The highest BCUT2D eigenvalue weighted by atomic mass is 16.3. The van der Waals surface area contributed by atoms with E-state index >= 15 is 0 Å². The first-order valence-electron chi connectivity index (χ1n) is 5.47. The molecule has 0 amide bonds. The lowest BCUT2D eigenvalue weighted by molar-refractivity contribution is 0.100. The second-order valence-electron chi connectivity index (χ2n) is 4.77. The van der Waals surface area contributed by atoms with Crippen LogP contribution in [0.4, 0.5) is 0 Å². The van der Waals surface area contributed by atoms with Crippen molar-refractivity contribution in [3.8, 4) is 0 Å². The first-order valence-corrected chi connectivity index (χ1v) is 5.47. The fourth-order valence-electron chi connectivity index (χ4n) is 2.86. The van der Waals surface area contributed by atoms with Crippen LogP contribution in [-0.4, -0.2) is 10.7 Å². The van der Waals surface area contributed by atoms with Gasteiger partial charge in [-0.1, -0.05) is 39.0 Å². The fourth-order valence-corrected chi connectivity index (χ4v) is 2.86. The fraction of sp³-hybridized carbons (Fsp3) is 1.00. The molecule has 0 spiro atoms. The molecule has 0 aliphatic heterocycles. The van der Waals surface area contributed by atoms with Crippen molar-refractivity contribution < 1.29 is 5.11 Å². The average molecular weight is 168 g/mol. The van der Waals surface area contributed by atoms with Crippen LogP contribution in [0.15, 0.2) is 0 Å². The van der Waals surface area contributed by atoms with Crippen LogP contribution in [0.25, 0.3) is 0 Å². The molecule has 0 saturated heterocycles. The minimum absolute atomic E-state index is 0.218. The van der Waals surface area contributed by atoms with Gasteiger partial charge in [0.25, 0.3) is 0 Å². The highest BCUT2D eigenvalue weighted by molar-refractivity contribution is 5.03. The van der Waals surface area contributed by atoms with E-state index in [1.54, 1.807) is 0 Å². The van der Waals surface area contributed by atoms with Crippen molar-refractivity contribution in [2.75, 3.05) is 0 Å². The van der Waals surface area contributed by atoms with Crippen LogP contribution < -0.4 is 0 Å². The molecule has 2 aliphatic rings. The minimum Gasteiger partial charge on any atom is -0.390 e. The van der Waals surface area contributed by atoms with E-state index in [2.05, 4.69) is 6.92 Å². The van der Waals surface area contributed by atoms with E-state index < -0.39 is 0 Å². The summed E-state index contributed by atoms with van der Waals surface area (Å²) in [5.74, 6) is 1.49. The van der Waals surface area contributed by atoms with Gasteiger partial charge in [-0.3, -0.25) is 0 Å². The molecule has 1 heteroatoms. The van der Waals surface area contributed by atoms with Gasteiger partial charge in [0.1, 0.15) is 0 Å². The van der Waals surface area contributed by atoms with E-state index in [0.29, 0.717) is 5.92 Å². The van der Waals surface area contributed by atoms with Gasteiger partial charge in [0.2, 0.25) is 0 Å². The highest BCUT2D eigenvalue weighted by Gasteiger charge is 2.52. The Hall–Kier alpha value is -0.0400. The molecule has 0 bridgehead atoms. The lowest BCUT2D eigenvalue weighted by atomic mass is 9.97. The van der Waals surface area contributed by atoms with Crippen LogP contribution in [0.2, 0.25) is 0 Å². The van der Waals surface area contributed by atoms with Crippen molar-refractivity contribution in [2.45, 2.75) is 57.5 Å². The third-order valence-electron chi connectivity index (χ3n) is 3.81. The predicted octanol–water partition coefficient (Wildman–Crippen LogP) is 2.73. The van der Waals surface area contributed by atoms with Crippen molar-refractivity contribution in [2.24, 2.45) is 11.8 Å². The van der Waals surface area contributed by atoms with Crippen molar-refractivity contribution >= 4 is 0 Å². The van der Waals surface area contributed by atoms with E-state index in [0.717, 1.165) is 18.8 Å². The topological polar surface area (TPSA) is 20.2 Å². The molecular weight excluding hydrogens is 148 g/mol. The smallest absolute Gasteiger partial charge is 0.0683 e. The predicted molar refractivity (Wildman–Crippen MR) is 49.9 cm³/mol. The maximum Gasteiger partial charge on any atom is 0.0683 e. The Labute approximate surface area is 75.2 Å². The normalized spacial score (nSPS) is 42.0. The molecule has 0 radical (unpaired) electrons. The Morgan fingerprint density at radius 3 is 2.50 bits per heavy atom. The summed E-state index contributed by atoms with van der Waals surface area (Å²) in [4.78, 5) is 0. The van der Waals surface area contributed by atoms with Gasteiger partial charge in [-0.25, -0.2) is 0 Å². The summed E-state index contributed by atoms with van der Waals surface area (Å²) >= 11 is 0. The van der Waals surface area contributed by atoms with Crippen LogP contribution in [0.5, 0.6) is 0 Å². The first kappa shape index (κ1) is 8.55. The van der Waals surface area contributed by atoms with Gasteiger partial charge in [0.15, 0.2) is 0 Å². The summed E-state index contributed by atoms with van der Waals surface area (Å²) in [7, 11) is 0. The van der Waals surface area contributed by atoms with Crippen LogP contribution >= 0.6 is 0 Å². The zero-order valence-corrected chi connectivity index (χ0v) is 8.05. The lowest BCUT2D eigenvalue weighted by Gasteiger charge is -2.14. The average Bonchev–Trinajstić information content (AvgIpc) is 2.48. The Morgan fingerprint density at radius 1 is 1.33 bits per heavy atom. The van der Waals surface area contributed by atoms with Crippen LogP contribution in [0.3, 0.4) is 0 Å². The monoisotopic (exact) mass is 168 g/mol. The molecule has 0 aromatic rings. The molecule has 12 heavy (non-hydrogen) atoms. The van der Waals surface area contributed by atoms with Crippen LogP contribution in [-0.2, 0) is 0 Å². The summed E-state index contributed by atoms with van der Waals surface area (Å²) < 4.78 is 0. The van der Waals surface area contributed by atoms with E-state index in [4.69, 9.17) is 0 Å². The molecule has 1 N–H and O–H groups in total. The van der Waals surface area contributed by atoms with Crippen molar-refractivity contribution in [1.29, 1.82) is 0 Å². The quantitative estimate of drug-likeness (QED) is 0.687. The maximum absolute atomic E-state index is 10.0. The molecule has 2 atom stereocenters. The zero-order chi connectivity index (χ0) is 8.60. The van der Waals surface area contributed by atoms with E-state index in [1.807, 2.05) is 0 Å². The van der Waals surface area contributed by atoms with Gasteiger partial charge in [0.05, 0.1) is 5.60 Å². The summed E-state index contributed by atoms with van der Waals surface area (Å²) in [5.41, 5.74) is -0.218. The molecule has 2 unspecified atom stereocenters. The Balaban J connectivity index is 1.79. The molecule has 1 nitrogen and oxygen atoms in total. The van der Waals surface area contributed by atoms with Gasteiger partial charge in [0, 0.05) is 0 Å². The molecule has 0 aromatic heterocycles. The summed E-state index contributed by atoms with van der Waals surface area (Å²) in [6.45, 7) is 2.19. The van der Waals surface area contributed by atoms with Crippen LogP contribution in [0, 0.1) is 11.8 Å². The maximum atomic E-state index is 10.0. The van der Waals surface area contributed by atoms with Crippen molar-refractivity contribution in [3.63, 3.8) is 0 Å². The Kier molecular flexibility index (Phi) is 2.16. The number of hydrogen-bond donors (Lipinski definition) is 1. The third-order valence-corrected chi connectivity index (χ3v) is 3.81. The SMILES string of the molecule is CCC1CC1(O)CC1CCCC1. The summed E-state index contributed by atoms with van der Waals surface area (Å²) in [6, 6.07) is 0. The third kappa shape index (κ3) is 1.52. The molecule has 2 aliphatic carbocycles. The minimum atomic E-state index is -0.218. The van der Waals surface area contributed by atoms with E-state index in [1.165, 1.54) is 32.1 Å².